The lowest BCUT2D eigenvalue weighted by Gasteiger charge is -2.26. The third-order valence-corrected chi connectivity index (χ3v) is 2.74. The van der Waals surface area contributed by atoms with Crippen molar-refractivity contribution >= 4 is 12.0 Å². The van der Waals surface area contributed by atoms with E-state index in [-0.39, 0.29) is 18.7 Å². The maximum atomic E-state index is 12.0. The van der Waals surface area contributed by atoms with Gasteiger partial charge in [0.25, 0.3) is 0 Å². The molecule has 0 saturated heterocycles. The second kappa shape index (κ2) is 6.58. The van der Waals surface area contributed by atoms with E-state index in [0.29, 0.717) is 12.5 Å². The van der Waals surface area contributed by atoms with Gasteiger partial charge in [0.15, 0.2) is 6.04 Å². The number of carbonyl (C=O) groups is 2. The monoisotopic (exact) mass is 258 g/mol. The molecule has 0 heterocycles. The summed E-state index contributed by atoms with van der Waals surface area (Å²) in [4.78, 5) is 24.7. The van der Waals surface area contributed by atoms with E-state index < -0.39 is 12.0 Å². The maximum absolute atomic E-state index is 12.0. The number of nitrogens with one attached hydrogen (secondary N) is 1. The zero-order chi connectivity index (χ0) is 13.7. The van der Waals surface area contributed by atoms with Crippen LogP contribution in [0.4, 0.5) is 4.79 Å². The summed E-state index contributed by atoms with van der Waals surface area (Å²) in [7, 11) is 1.41. The van der Waals surface area contributed by atoms with Crippen LogP contribution in [0.25, 0.3) is 0 Å². The van der Waals surface area contributed by atoms with E-state index >= 15 is 0 Å². The first-order valence-electron chi connectivity index (χ1n) is 6.24. The summed E-state index contributed by atoms with van der Waals surface area (Å²) in [6.07, 6.45) is 2.00. The number of hydrogen-bond donors (Lipinski definition) is 2. The molecule has 1 aliphatic carbocycles. The summed E-state index contributed by atoms with van der Waals surface area (Å²) in [5, 5.41) is 11.5. The van der Waals surface area contributed by atoms with Crippen molar-refractivity contribution in [1.82, 2.24) is 10.2 Å². The van der Waals surface area contributed by atoms with Crippen molar-refractivity contribution in [3.8, 4) is 0 Å². The molecule has 0 radical (unpaired) electrons. The van der Waals surface area contributed by atoms with Gasteiger partial charge < -0.3 is 20.1 Å². The number of urea groups is 1. The first kappa shape index (κ1) is 14.8. The van der Waals surface area contributed by atoms with Gasteiger partial charge in [0.2, 0.25) is 0 Å². The molecule has 0 aromatic carbocycles. The first-order chi connectivity index (χ1) is 8.45. The van der Waals surface area contributed by atoms with Gasteiger partial charge in [-0.3, -0.25) is 0 Å². The van der Waals surface area contributed by atoms with Gasteiger partial charge >= 0.3 is 12.0 Å². The summed E-state index contributed by atoms with van der Waals surface area (Å²) in [5.74, 6) is -0.715. The first-order valence-corrected chi connectivity index (χ1v) is 6.24. The van der Waals surface area contributed by atoms with Crippen LogP contribution in [-0.4, -0.2) is 54.4 Å². The minimum absolute atomic E-state index is 0.0265. The van der Waals surface area contributed by atoms with E-state index in [1.807, 2.05) is 13.8 Å². The van der Waals surface area contributed by atoms with E-state index in [1.165, 1.54) is 7.11 Å². The second-order valence-electron chi connectivity index (χ2n) is 5.07. The molecule has 104 valence electrons. The highest BCUT2D eigenvalue weighted by molar-refractivity contribution is 5.83. The Morgan fingerprint density at radius 2 is 2.06 bits per heavy atom. The second-order valence-corrected chi connectivity index (χ2v) is 5.07. The Balaban J connectivity index is 2.56. The van der Waals surface area contributed by atoms with Crippen molar-refractivity contribution in [3.63, 3.8) is 0 Å². The Bertz CT molecular complexity index is 302. The Hall–Kier alpha value is -1.30. The van der Waals surface area contributed by atoms with Crippen molar-refractivity contribution in [3.05, 3.63) is 0 Å². The summed E-state index contributed by atoms with van der Waals surface area (Å²) in [6, 6.07) is -1.03. The van der Waals surface area contributed by atoms with Crippen molar-refractivity contribution in [2.24, 2.45) is 5.92 Å². The third kappa shape index (κ3) is 4.52. The van der Waals surface area contributed by atoms with E-state index in [4.69, 9.17) is 9.84 Å². The van der Waals surface area contributed by atoms with Gasteiger partial charge in [-0.15, -0.1) is 0 Å². The summed E-state index contributed by atoms with van der Waals surface area (Å²) >= 11 is 0. The summed E-state index contributed by atoms with van der Waals surface area (Å²) in [6.45, 7) is 4.69. The van der Waals surface area contributed by atoms with Crippen LogP contribution in [-0.2, 0) is 9.53 Å². The number of methoxy groups -OCH3 is 1. The van der Waals surface area contributed by atoms with Crippen LogP contribution in [0, 0.1) is 5.92 Å². The number of aliphatic carboxylic acids is 1. The highest BCUT2D eigenvalue weighted by Crippen LogP contribution is 2.27. The van der Waals surface area contributed by atoms with Crippen LogP contribution < -0.4 is 5.32 Å². The molecule has 0 bridgehead atoms. The van der Waals surface area contributed by atoms with Crippen LogP contribution >= 0.6 is 0 Å². The van der Waals surface area contributed by atoms with E-state index in [1.54, 1.807) is 4.90 Å². The van der Waals surface area contributed by atoms with Gasteiger partial charge in [-0.1, -0.05) is 13.8 Å². The third-order valence-electron chi connectivity index (χ3n) is 2.74. The molecule has 1 saturated carbocycles. The van der Waals surface area contributed by atoms with Crippen molar-refractivity contribution in [2.45, 2.75) is 38.8 Å². The predicted octanol–water partition coefficient (Wildman–Crippen LogP) is 0.916. The molecule has 1 fully saturated rings. The summed E-state index contributed by atoms with van der Waals surface area (Å²) in [5.41, 5.74) is 0. The Morgan fingerprint density at radius 3 is 2.44 bits per heavy atom. The lowest BCUT2D eigenvalue weighted by molar-refractivity contribution is -0.140. The number of rotatable bonds is 7. The predicted molar refractivity (Wildman–Crippen MR) is 66.4 cm³/mol. The molecule has 1 unspecified atom stereocenters. The number of hydrogen-bond acceptors (Lipinski definition) is 3. The van der Waals surface area contributed by atoms with E-state index in [2.05, 4.69) is 5.32 Å². The average molecular weight is 258 g/mol. The maximum Gasteiger partial charge on any atom is 0.328 e. The normalized spacial score (nSPS) is 16.4. The zero-order valence-electron chi connectivity index (χ0n) is 11.2. The largest absolute Gasteiger partial charge is 0.480 e. The zero-order valence-corrected chi connectivity index (χ0v) is 11.2. The van der Waals surface area contributed by atoms with Crippen LogP contribution in [0.5, 0.6) is 0 Å². The lowest BCUT2D eigenvalue weighted by Crippen LogP contribution is -2.51. The smallest absolute Gasteiger partial charge is 0.328 e. The fourth-order valence-electron chi connectivity index (χ4n) is 1.75. The molecule has 6 heteroatoms. The van der Waals surface area contributed by atoms with Crippen molar-refractivity contribution in [1.29, 1.82) is 0 Å². The molecule has 0 aliphatic heterocycles. The van der Waals surface area contributed by atoms with Gasteiger partial charge in [0.1, 0.15) is 0 Å². The minimum Gasteiger partial charge on any atom is -0.480 e. The number of ether oxygens (including phenoxy) is 1. The molecule has 2 amide bonds. The van der Waals surface area contributed by atoms with Gasteiger partial charge in [-0.05, 0) is 18.8 Å². The van der Waals surface area contributed by atoms with Crippen LogP contribution in [0.2, 0.25) is 0 Å². The highest BCUT2D eigenvalue weighted by Gasteiger charge is 2.34. The molecule has 1 rings (SSSR count). The van der Waals surface area contributed by atoms with Crippen molar-refractivity contribution < 1.29 is 19.4 Å². The molecule has 18 heavy (non-hydrogen) atoms. The van der Waals surface area contributed by atoms with Crippen LogP contribution in [0.3, 0.4) is 0 Å². The Morgan fingerprint density at radius 1 is 1.44 bits per heavy atom. The topological polar surface area (TPSA) is 78.9 Å². The lowest BCUT2D eigenvalue weighted by atomic mass is 10.2. The SMILES string of the molecule is COCC(NC(=O)N(CC(C)C)C1CC1)C(=O)O. The van der Waals surface area contributed by atoms with Crippen molar-refractivity contribution in [2.75, 3.05) is 20.3 Å². The summed E-state index contributed by atoms with van der Waals surface area (Å²) < 4.78 is 4.79. The fraction of sp³-hybridized carbons (Fsp3) is 0.833. The molecular weight excluding hydrogens is 236 g/mol. The molecule has 6 nitrogen and oxygen atoms in total. The molecule has 2 N–H and O–H groups in total. The van der Waals surface area contributed by atoms with Gasteiger partial charge in [0.05, 0.1) is 6.61 Å². The van der Waals surface area contributed by atoms with E-state index in [9.17, 15) is 9.59 Å². The number of amides is 2. The molecule has 1 atom stereocenters. The molecular formula is C12H22N2O4. The molecule has 0 aromatic heterocycles. The quantitative estimate of drug-likeness (QED) is 0.711. The number of nitrogens with zero attached hydrogens (tertiary/aromatic N) is 1. The van der Waals surface area contributed by atoms with Crippen LogP contribution in [0.1, 0.15) is 26.7 Å². The number of carbonyl (C=O) groups excluding carboxylic acids is 1. The fourth-order valence-corrected chi connectivity index (χ4v) is 1.75. The number of carboxylic acid groups (broad SMARTS) is 1. The standard InChI is InChI=1S/C12H22N2O4/c1-8(2)6-14(9-4-5-9)12(17)13-10(7-18-3)11(15)16/h8-10H,4-7H2,1-3H3,(H,13,17)(H,15,16). The molecule has 0 spiro atoms. The van der Waals surface area contributed by atoms with Gasteiger partial charge in [-0.25, -0.2) is 9.59 Å². The highest BCUT2D eigenvalue weighted by atomic mass is 16.5. The number of carboxylic acids is 1. The average Bonchev–Trinajstić information content (AvgIpc) is 3.08. The van der Waals surface area contributed by atoms with Crippen LogP contribution in [0.15, 0.2) is 0 Å². The van der Waals surface area contributed by atoms with Gasteiger partial charge in [0, 0.05) is 19.7 Å². The van der Waals surface area contributed by atoms with Gasteiger partial charge in [-0.2, -0.15) is 0 Å². The minimum atomic E-state index is -1.08. The Labute approximate surface area is 107 Å². The van der Waals surface area contributed by atoms with E-state index in [0.717, 1.165) is 12.8 Å². The Kier molecular flexibility index (Phi) is 5.40. The molecule has 1 aliphatic rings. The molecule has 0 aromatic rings.